The first-order chi connectivity index (χ1) is 18.0. The van der Waals surface area contributed by atoms with Crippen LogP contribution in [0.25, 0.3) is 22.3 Å². The van der Waals surface area contributed by atoms with Crippen molar-refractivity contribution in [1.29, 1.82) is 0 Å². The second-order valence-corrected chi connectivity index (χ2v) is 8.97. The van der Waals surface area contributed by atoms with E-state index in [0.717, 1.165) is 35.5 Å². The summed E-state index contributed by atoms with van der Waals surface area (Å²) in [5.41, 5.74) is 10.4. The number of fused-ring (bicyclic) bond motifs is 1. The summed E-state index contributed by atoms with van der Waals surface area (Å²) in [6.45, 7) is 3.59. The Morgan fingerprint density at radius 3 is 2.68 bits per heavy atom. The van der Waals surface area contributed by atoms with Gasteiger partial charge in [-0.05, 0) is 44.7 Å². The molecule has 0 aliphatic heterocycles. The van der Waals surface area contributed by atoms with Gasteiger partial charge >= 0.3 is 0 Å². The number of amides is 1. The van der Waals surface area contributed by atoms with Crippen molar-refractivity contribution in [3.63, 3.8) is 0 Å². The standard InChI is InChI=1S/C27H28N8O2/c1-4-6-22(36)32-19-13-20(14-19)35-26-23(25(28)29-15-30-26)24(34-35)17-9-11-18(12-10-17)27(37-3)33-21-8-5-7-16(2)31-21/h5,7-12,15,19-20,27H,13-14H2,1-3H3,(H,31,33)(H,32,36)(H2,28,29,30)/t19-,20+,27?. The summed E-state index contributed by atoms with van der Waals surface area (Å²) < 4.78 is 7.57. The van der Waals surface area contributed by atoms with Crippen molar-refractivity contribution in [2.45, 2.75) is 45.0 Å². The topological polar surface area (TPSA) is 133 Å². The predicted molar refractivity (Wildman–Crippen MR) is 141 cm³/mol. The summed E-state index contributed by atoms with van der Waals surface area (Å²) in [6, 6.07) is 13.9. The van der Waals surface area contributed by atoms with Crippen LogP contribution in [0.2, 0.25) is 0 Å². The zero-order valence-corrected chi connectivity index (χ0v) is 20.9. The van der Waals surface area contributed by atoms with Gasteiger partial charge in [-0.15, -0.1) is 0 Å². The molecule has 1 aromatic carbocycles. The van der Waals surface area contributed by atoms with E-state index in [4.69, 9.17) is 15.6 Å². The largest absolute Gasteiger partial charge is 0.383 e. The molecule has 1 saturated carbocycles. The van der Waals surface area contributed by atoms with Crippen LogP contribution in [0.4, 0.5) is 11.6 Å². The second kappa shape index (κ2) is 10.2. The molecule has 4 aromatic rings. The Morgan fingerprint density at radius 2 is 1.97 bits per heavy atom. The van der Waals surface area contributed by atoms with Gasteiger partial charge in [-0.1, -0.05) is 36.3 Å². The van der Waals surface area contributed by atoms with Gasteiger partial charge < -0.3 is 21.1 Å². The van der Waals surface area contributed by atoms with Crippen molar-refractivity contribution in [2.24, 2.45) is 0 Å². The van der Waals surface area contributed by atoms with Crippen molar-refractivity contribution in [2.75, 3.05) is 18.2 Å². The molecule has 3 heterocycles. The van der Waals surface area contributed by atoms with Crippen LogP contribution in [0, 0.1) is 18.8 Å². The zero-order valence-electron chi connectivity index (χ0n) is 20.9. The van der Waals surface area contributed by atoms with Crippen LogP contribution < -0.4 is 16.4 Å². The number of ether oxygens (including phenoxy) is 1. The van der Waals surface area contributed by atoms with Gasteiger partial charge in [0.05, 0.1) is 11.4 Å². The second-order valence-electron chi connectivity index (χ2n) is 8.97. The number of nitrogen functional groups attached to an aromatic ring is 1. The van der Waals surface area contributed by atoms with E-state index < -0.39 is 0 Å². The van der Waals surface area contributed by atoms with E-state index in [-0.39, 0.29) is 24.2 Å². The summed E-state index contributed by atoms with van der Waals surface area (Å²) in [6.07, 6.45) is 2.56. The average molecular weight is 497 g/mol. The molecule has 1 aliphatic carbocycles. The number of anilines is 2. The molecule has 3 aromatic heterocycles. The van der Waals surface area contributed by atoms with Gasteiger partial charge in [-0.25, -0.2) is 19.6 Å². The van der Waals surface area contributed by atoms with Crippen molar-refractivity contribution in [1.82, 2.24) is 30.0 Å². The van der Waals surface area contributed by atoms with E-state index in [1.54, 1.807) is 14.0 Å². The number of nitrogens with one attached hydrogen (secondary N) is 2. The van der Waals surface area contributed by atoms with Gasteiger partial charge in [0.25, 0.3) is 5.91 Å². The lowest BCUT2D eigenvalue weighted by atomic mass is 9.87. The normalized spacial score (nSPS) is 17.4. The number of rotatable bonds is 7. The molecule has 1 fully saturated rings. The van der Waals surface area contributed by atoms with Gasteiger partial charge in [0.2, 0.25) is 0 Å². The fourth-order valence-electron chi connectivity index (χ4n) is 4.54. The molecule has 0 saturated heterocycles. The number of methoxy groups -OCH3 is 1. The third kappa shape index (κ3) is 4.94. The molecular weight excluding hydrogens is 468 g/mol. The minimum absolute atomic E-state index is 0.0564. The first-order valence-electron chi connectivity index (χ1n) is 12.0. The Kier molecular flexibility index (Phi) is 6.70. The van der Waals surface area contributed by atoms with E-state index in [9.17, 15) is 4.79 Å². The summed E-state index contributed by atoms with van der Waals surface area (Å²) in [5.74, 6) is 5.99. The zero-order chi connectivity index (χ0) is 25.9. The minimum Gasteiger partial charge on any atom is -0.383 e. The van der Waals surface area contributed by atoms with Crippen molar-refractivity contribution in [3.8, 4) is 23.1 Å². The third-order valence-electron chi connectivity index (χ3n) is 6.44. The molecule has 1 aliphatic rings. The van der Waals surface area contributed by atoms with Crippen molar-refractivity contribution in [3.05, 3.63) is 60.0 Å². The number of pyridine rings is 1. The van der Waals surface area contributed by atoms with Crippen LogP contribution in [0.1, 0.15) is 43.3 Å². The van der Waals surface area contributed by atoms with Crippen LogP contribution in [0.3, 0.4) is 0 Å². The molecule has 10 heteroatoms. The molecule has 4 N–H and O–H groups in total. The van der Waals surface area contributed by atoms with E-state index in [1.807, 2.05) is 54.1 Å². The fourth-order valence-corrected chi connectivity index (χ4v) is 4.54. The van der Waals surface area contributed by atoms with Gasteiger partial charge in [0.1, 0.15) is 23.7 Å². The Hall–Kier alpha value is -4.49. The van der Waals surface area contributed by atoms with E-state index in [2.05, 4.69) is 37.4 Å². The summed E-state index contributed by atoms with van der Waals surface area (Å²) in [5, 5.41) is 11.9. The SMILES string of the molecule is CC#CC(=O)N[C@H]1C[C@@H](n2nc(-c3ccc(C(Nc4cccc(C)n4)OC)cc3)c3c(N)ncnc32)C1. The van der Waals surface area contributed by atoms with Crippen molar-refractivity contribution >= 4 is 28.6 Å². The third-order valence-corrected chi connectivity index (χ3v) is 6.44. The molecule has 1 unspecified atom stereocenters. The van der Waals surface area contributed by atoms with Crippen LogP contribution in [-0.4, -0.2) is 43.8 Å². The van der Waals surface area contributed by atoms with Crippen LogP contribution in [0.5, 0.6) is 0 Å². The number of aromatic nitrogens is 5. The summed E-state index contributed by atoms with van der Waals surface area (Å²) in [4.78, 5) is 25.0. The predicted octanol–water partition coefficient (Wildman–Crippen LogP) is 3.38. The maximum Gasteiger partial charge on any atom is 0.296 e. The van der Waals surface area contributed by atoms with Crippen molar-refractivity contribution < 1.29 is 9.53 Å². The average Bonchev–Trinajstić information content (AvgIpc) is 3.25. The highest BCUT2D eigenvalue weighted by Crippen LogP contribution is 2.38. The van der Waals surface area contributed by atoms with Gasteiger partial charge in [0.15, 0.2) is 11.9 Å². The molecule has 5 rings (SSSR count). The number of hydrogen-bond acceptors (Lipinski definition) is 8. The van der Waals surface area contributed by atoms with Crippen LogP contribution in [-0.2, 0) is 9.53 Å². The Labute approximate surface area is 214 Å². The van der Waals surface area contributed by atoms with E-state index >= 15 is 0 Å². The molecule has 37 heavy (non-hydrogen) atoms. The quantitative estimate of drug-likeness (QED) is 0.262. The number of nitrogens with two attached hydrogens (primary N) is 1. The summed E-state index contributed by atoms with van der Waals surface area (Å²) in [7, 11) is 1.65. The number of aryl methyl sites for hydroxylation is 1. The minimum atomic E-state index is -0.370. The molecule has 1 amide bonds. The first kappa shape index (κ1) is 24.2. The highest BCUT2D eigenvalue weighted by Gasteiger charge is 2.34. The number of carbonyl (C=O) groups excluding carboxylic acids is 1. The highest BCUT2D eigenvalue weighted by atomic mass is 16.5. The molecule has 10 nitrogen and oxygen atoms in total. The van der Waals surface area contributed by atoms with E-state index in [1.165, 1.54) is 6.33 Å². The number of carbonyl (C=O) groups is 1. The lowest BCUT2D eigenvalue weighted by Crippen LogP contribution is -2.44. The smallest absolute Gasteiger partial charge is 0.296 e. The summed E-state index contributed by atoms with van der Waals surface area (Å²) >= 11 is 0. The maximum atomic E-state index is 11.8. The van der Waals surface area contributed by atoms with E-state index in [0.29, 0.717) is 22.5 Å². The van der Waals surface area contributed by atoms with Crippen LogP contribution in [0.15, 0.2) is 48.8 Å². The number of hydrogen-bond donors (Lipinski definition) is 3. The van der Waals surface area contributed by atoms with Gasteiger partial charge in [-0.2, -0.15) is 5.10 Å². The Bertz CT molecular complexity index is 1500. The molecule has 188 valence electrons. The highest BCUT2D eigenvalue weighted by molar-refractivity contribution is 5.98. The van der Waals surface area contributed by atoms with Gasteiger partial charge in [0, 0.05) is 30.0 Å². The molecule has 0 bridgehead atoms. The molecule has 0 spiro atoms. The first-order valence-corrected chi connectivity index (χ1v) is 12.0. The molecule has 1 atom stereocenters. The van der Waals surface area contributed by atoms with Crippen LogP contribution >= 0.6 is 0 Å². The molecule has 0 radical (unpaired) electrons. The number of benzene rings is 1. The monoisotopic (exact) mass is 496 g/mol. The Balaban J connectivity index is 1.40. The fraction of sp³-hybridized carbons (Fsp3) is 0.296. The Morgan fingerprint density at radius 1 is 1.19 bits per heavy atom. The molecular formula is C27H28N8O2. The lowest BCUT2D eigenvalue weighted by molar-refractivity contribution is -0.117. The maximum absolute atomic E-state index is 11.8. The van der Waals surface area contributed by atoms with Gasteiger partial charge in [-0.3, -0.25) is 4.79 Å². The lowest BCUT2D eigenvalue weighted by Gasteiger charge is -2.35. The number of nitrogens with zero attached hydrogens (tertiary/aromatic N) is 5.